The van der Waals surface area contributed by atoms with Gasteiger partial charge in [0, 0.05) is 18.0 Å². The van der Waals surface area contributed by atoms with E-state index < -0.39 is 0 Å². The topological polar surface area (TPSA) is 88.1 Å². The summed E-state index contributed by atoms with van der Waals surface area (Å²) in [6.07, 6.45) is 3.57. The lowest BCUT2D eigenvalue weighted by atomic mass is 10.1. The standard InChI is InChI=1S/C20H19N5O2/c26-19-12-21-16-8-7-15(11-17(16)23-19)20(27)24-18(13-25-10-4-9-22-25)14-5-2-1-3-6-14/h1-11,18,21H,12-13H2,(H,23,26)(H,24,27)/t18-/m1/s1. The minimum Gasteiger partial charge on any atom is -0.374 e. The Hall–Kier alpha value is -3.61. The minimum absolute atomic E-state index is 0.124. The smallest absolute Gasteiger partial charge is 0.251 e. The Balaban J connectivity index is 1.56. The molecule has 0 saturated carbocycles. The number of hydrogen-bond donors (Lipinski definition) is 3. The zero-order chi connectivity index (χ0) is 18.6. The van der Waals surface area contributed by atoms with Gasteiger partial charge in [0.15, 0.2) is 0 Å². The van der Waals surface area contributed by atoms with Crippen LogP contribution in [0.3, 0.4) is 0 Å². The van der Waals surface area contributed by atoms with Crippen LogP contribution in [0.15, 0.2) is 67.0 Å². The van der Waals surface area contributed by atoms with Gasteiger partial charge in [-0.3, -0.25) is 14.3 Å². The molecule has 7 nitrogen and oxygen atoms in total. The van der Waals surface area contributed by atoms with Gasteiger partial charge in [-0.1, -0.05) is 30.3 Å². The number of carbonyl (C=O) groups excluding carboxylic acids is 2. The monoisotopic (exact) mass is 361 g/mol. The number of benzene rings is 2. The van der Waals surface area contributed by atoms with Gasteiger partial charge in [-0.15, -0.1) is 0 Å². The van der Waals surface area contributed by atoms with Gasteiger partial charge in [0.25, 0.3) is 5.91 Å². The van der Waals surface area contributed by atoms with E-state index in [4.69, 9.17) is 0 Å². The molecular weight excluding hydrogens is 342 g/mol. The van der Waals surface area contributed by atoms with Crippen molar-refractivity contribution in [3.63, 3.8) is 0 Å². The molecule has 0 fully saturated rings. The van der Waals surface area contributed by atoms with Crippen LogP contribution in [0.4, 0.5) is 11.4 Å². The van der Waals surface area contributed by atoms with Gasteiger partial charge in [0.1, 0.15) is 0 Å². The highest BCUT2D eigenvalue weighted by molar-refractivity contribution is 6.03. The van der Waals surface area contributed by atoms with Crippen molar-refractivity contribution in [2.45, 2.75) is 12.6 Å². The number of rotatable bonds is 5. The Kier molecular flexibility index (Phi) is 4.57. The normalized spacial score (nSPS) is 13.9. The Labute approximate surface area is 156 Å². The lowest BCUT2D eigenvalue weighted by Gasteiger charge is -2.21. The molecule has 0 radical (unpaired) electrons. The van der Waals surface area contributed by atoms with Crippen LogP contribution in [0.5, 0.6) is 0 Å². The third kappa shape index (κ3) is 3.82. The molecule has 2 aromatic carbocycles. The van der Waals surface area contributed by atoms with Crippen LogP contribution < -0.4 is 16.0 Å². The van der Waals surface area contributed by atoms with Crippen molar-refractivity contribution in [2.75, 3.05) is 17.2 Å². The molecule has 0 unspecified atom stereocenters. The fourth-order valence-corrected chi connectivity index (χ4v) is 3.07. The van der Waals surface area contributed by atoms with E-state index in [-0.39, 0.29) is 24.4 Å². The summed E-state index contributed by atoms with van der Waals surface area (Å²) in [6.45, 7) is 0.754. The van der Waals surface area contributed by atoms with Gasteiger partial charge in [-0.2, -0.15) is 5.10 Å². The van der Waals surface area contributed by atoms with Crippen LogP contribution in [0, 0.1) is 0 Å². The molecule has 0 aliphatic carbocycles. The second kappa shape index (κ2) is 7.33. The van der Waals surface area contributed by atoms with Crippen LogP contribution in [-0.2, 0) is 11.3 Å². The molecule has 1 aromatic heterocycles. The SMILES string of the molecule is O=C1CNc2ccc(C(=O)N[C@H](Cn3cccn3)c3ccccc3)cc2N1. The fourth-order valence-electron chi connectivity index (χ4n) is 3.07. The molecule has 3 N–H and O–H groups in total. The zero-order valence-electron chi connectivity index (χ0n) is 14.6. The van der Waals surface area contributed by atoms with Gasteiger partial charge in [0.05, 0.1) is 30.5 Å². The second-order valence-electron chi connectivity index (χ2n) is 6.33. The maximum absolute atomic E-state index is 12.9. The molecule has 2 amide bonds. The Bertz CT molecular complexity index is 954. The number of amides is 2. The van der Waals surface area contributed by atoms with E-state index in [9.17, 15) is 9.59 Å². The predicted octanol–water partition coefficient (Wildman–Crippen LogP) is 2.42. The molecule has 1 atom stereocenters. The highest BCUT2D eigenvalue weighted by Gasteiger charge is 2.19. The molecule has 3 aromatic rings. The first-order valence-corrected chi connectivity index (χ1v) is 8.70. The lowest BCUT2D eigenvalue weighted by Crippen LogP contribution is -2.32. The third-order valence-corrected chi connectivity index (χ3v) is 4.43. The molecule has 4 rings (SSSR count). The van der Waals surface area contributed by atoms with Crippen molar-refractivity contribution in [1.82, 2.24) is 15.1 Å². The van der Waals surface area contributed by atoms with Crippen molar-refractivity contribution in [2.24, 2.45) is 0 Å². The number of aromatic nitrogens is 2. The molecule has 0 bridgehead atoms. The third-order valence-electron chi connectivity index (χ3n) is 4.43. The van der Waals surface area contributed by atoms with Crippen molar-refractivity contribution >= 4 is 23.2 Å². The molecule has 136 valence electrons. The molecule has 7 heteroatoms. The molecule has 27 heavy (non-hydrogen) atoms. The summed E-state index contributed by atoms with van der Waals surface area (Å²) >= 11 is 0. The maximum atomic E-state index is 12.9. The average molecular weight is 361 g/mol. The summed E-state index contributed by atoms with van der Waals surface area (Å²) in [6, 6.07) is 16.6. The number of nitrogens with one attached hydrogen (secondary N) is 3. The first-order chi connectivity index (χ1) is 13.2. The van der Waals surface area contributed by atoms with Gasteiger partial charge >= 0.3 is 0 Å². The lowest BCUT2D eigenvalue weighted by molar-refractivity contribution is -0.114. The van der Waals surface area contributed by atoms with Crippen LogP contribution in [-0.4, -0.2) is 28.1 Å². The fraction of sp³-hybridized carbons (Fsp3) is 0.150. The van der Waals surface area contributed by atoms with Gasteiger partial charge in [0.2, 0.25) is 5.91 Å². The zero-order valence-corrected chi connectivity index (χ0v) is 14.6. The highest BCUT2D eigenvalue weighted by Crippen LogP contribution is 2.26. The van der Waals surface area contributed by atoms with E-state index in [1.807, 2.05) is 42.6 Å². The Morgan fingerprint density at radius 3 is 2.78 bits per heavy atom. The van der Waals surface area contributed by atoms with Crippen LogP contribution in [0.1, 0.15) is 22.0 Å². The van der Waals surface area contributed by atoms with Crippen molar-refractivity contribution in [3.05, 3.63) is 78.1 Å². The first kappa shape index (κ1) is 16.8. The molecule has 1 aliphatic heterocycles. The van der Waals surface area contributed by atoms with Gasteiger partial charge < -0.3 is 16.0 Å². The largest absolute Gasteiger partial charge is 0.374 e. The predicted molar refractivity (Wildman–Crippen MR) is 102 cm³/mol. The Morgan fingerprint density at radius 1 is 1.15 bits per heavy atom. The van der Waals surface area contributed by atoms with Crippen LogP contribution >= 0.6 is 0 Å². The maximum Gasteiger partial charge on any atom is 0.251 e. The minimum atomic E-state index is -0.234. The van der Waals surface area contributed by atoms with E-state index in [2.05, 4.69) is 21.0 Å². The van der Waals surface area contributed by atoms with E-state index in [0.29, 0.717) is 17.8 Å². The molecule has 0 spiro atoms. The first-order valence-electron chi connectivity index (χ1n) is 8.70. The molecule has 2 heterocycles. The van der Waals surface area contributed by atoms with Crippen molar-refractivity contribution in [3.8, 4) is 0 Å². The summed E-state index contributed by atoms with van der Waals surface area (Å²) in [5.74, 6) is -0.334. The van der Waals surface area contributed by atoms with Gasteiger partial charge in [-0.05, 0) is 29.8 Å². The molecule has 0 saturated heterocycles. The summed E-state index contributed by atoms with van der Waals surface area (Å²) in [7, 11) is 0. The van der Waals surface area contributed by atoms with Crippen LogP contribution in [0.25, 0.3) is 0 Å². The number of anilines is 2. The van der Waals surface area contributed by atoms with E-state index in [0.717, 1.165) is 11.3 Å². The van der Waals surface area contributed by atoms with Gasteiger partial charge in [-0.25, -0.2) is 0 Å². The van der Waals surface area contributed by atoms with Crippen molar-refractivity contribution in [1.29, 1.82) is 0 Å². The van der Waals surface area contributed by atoms with E-state index in [1.54, 1.807) is 29.1 Å². The average Bonchev–Trinajstić information content (AvgIpc) is 3.20. The van der Waals surface area contributed by atoms with E-state index in [1.165, 1.54) is 0 Å². The quantitative estimate of drug-likeness (QED) is 0.651. The Morgan fingerprint density at radius 2 is 2.00 bits per heavy atom. The molecule has 1 aliphatic rings. The highest BCUT2D eigenvalue weighted by atomic mass is 16.2. The number of hydrogen-bond acceptors (Lipinski definition) is 4. The number of fused-ring (bicyclic) bond motifs is 1. The second-order valence-corrected chi connectivity index (χ2v) is 6.33. The summed E-state index contributed by atoms with van der Waals surface area (Å²) in [5, 5.41) is 13.1. The summed E-state index contributed by atoms with van der Waals surface area (Å²) in [5.41, 5.74) is 2.90. The summed E-state index contributed by atoms with van der Waals surface area (Å²) < 4.78 is 1.79. The molecular formula is C20H19N5O2. The number of carbonyl (C=O) groups is 2. The summed E-state index contributed by atoms with van der Waals surface area (Å²) in [4.78, 5) is 24.4. The van der Waals surface area contributed by atoms with E-state index >= 15 is 0 Å². The van der Waals surface area contributed by atoms with Crippen LogP contribution in [0.2, 0.25) is 0 Å². The van der Waals surface area contributed by atoms with Crippen molar-refractivity contribution < 1.29 is 9.59 Å². The number of nitrogens with zero attached hydrogens (tertiary/aromatic N) is 2.